The first-order chi connectivity index (χ1) is 10.8. The highest BCUT2D eigenvalue weighted by atomic mass is 32.1. The molecule has 1 aliphatic carbocycles. The molecule has 1 heterocycles. The third-order valence-corrected chi connectivity index (χ3v) is 6.28. The van der Waals surface area contributed by atoms with Crippen LogP contribution in [0.1, 0.15) is 49.6 Å². The molecule has 1 aromatic rings. The van der Waals surface area contributed by atoms with Gasteiger partial charge in [-0.05, 0) is 50.3 Å². The van der Waals surface area contributed by atoms with Crippen LogP contribution in [0.25, 0.3) is 0 Å². The maximum atomic E-state index is 12.0. The van der Waals surface area contributed by atoms with Crippen molar-refractivity contribution in [2.75, 3.05) is 26.0 Å². The lowest BCUT2D eigenvalue weighted by molar-refractivity contribution is -0.116. The monoisotopic (exact) mass is 333 g/mol. The van der Waals surface area contributed by atoms with Crippen LogP contribution in [0.4, 0.5) is 5.00 Å². The molecule has 1 aliphatic rings. The summed E-state index contributed by atoms with van der Waals surface area (Å²) in [4.78, 5) is 15.1. The Morgan fingerprint density at radius 1 is 1.48 bits per heavy atom. The zero-order chi connectivity index (χ0) is 17.2. The van der Waals surface area contributed by atoms with Gasteiger partial charge in [-0.1, -0.05) is 27.2 Å². The van der Waals surface area contributed by atoms with Crippen LogP contribution in [-0.2, 0) is 17.6 Å². The van der Waals surface area contributed by atoms with Crippen LogP contribution in [0, 0.1) is 22.7 Å². The number of rotatable bonds is 5. The molecule has 1 N–H and O–H groups in total. The number of thiophene rings is 1. The van der Waals surface area contributed by atoms with E-state index in [2.05, 4.69) is 32.2 Å². The van der Waals surface area contributed by atoms with Crippen molar-refractivity contribution >= 4 is 22.2 Å². The minimum absolute atomic E-state index is 0.0597. The Morgan fingerprint density at radius 2 is 2.17 bits per heavy atom. The maximum absolute atomic E-state index is 12.0. The second-order valence-electron chi connectivity index (χ2n) is 7.39. The molecule has 23 heavy (non-hydrogen) atoms. The molecule has 0 saturated heterocycles. The van der Waals surface area contributed by atoms with Gasteiger partial charge in [0.25, 0.3) is 0 Å². The molecule has 0 bridgehead atoms. The predicted octanol–water partition coefficient (Wildman–Crippen LogP) is 3.66. The van der Waals surface area contributed by atoms with Crippen molar-refractivity contribution in [1.82, 2.24) is 4.90 Å². The van der Waals surface area contributed by atoms with Gasteiger partial charge in [0.2, 0.25) is 5.91 Å². The summed E-state index contributed by atoms with van der Waals surface area (Å²) in [5.74, 6) is 0.589. The van der Waals surface area contributed by atoms with E-state index in [0.717, 1.165) is 30.7 Å². The van der Waals surface area contributed by atoms with Gasteiger partial charge in [0, 0.05) is 4.88 Å². The number of fused-ring (bicyclic) bond motifs is 1. The molecule has 1 atom stereocenters. The quantitative estimate of drug-likeness (QED) is 0.894. The van der Waals surface area contributed by atoms with Crippen molar-refractivity contribution in [1.29, 1.82) is 5.26 Å². The Balaban J connectivity index is 2.23. The summed E-state index contributed by atoms with van der Waals surface area (Å²) in [5.41, 5.74) is 2.17. The third-order valence-electron chi connectivity index (χ3n) is 5.11. The fourth-order valence-corrected chi connectivity index (χ4v) is 4.50. The van der Waals surface area contributed by atoms with Crippen LogP contribution < -0.4 is 5.32 Å². The van der Waals surface area contributed by atoms with Gasteiger partial charge >= 0.3 is 0 Å². The van der Waals surface area contributed by atoms with Crippen molar-refractivity contribution < 1.29 is 4.79 Å². The number of hydrogen-bond donors (Lipinski definition) is 1. The largest absolute Gasteiger partial charge is 0.315 e. The van der Waals surface area contributed by atoms with E-state index < -0.39 is 0 Å². The lowest BCUT2D eigenvalue weighted by Gasteiger charge is -2.36. The average Bonchev–Trinajstić information content (AvgIpc) is 2.82. The zero-order valence-electron chi connectivity index (χ0n) is 14.8. The summed E-state index contributed by atoms with van der Waals surface area (Å²) in [5, 5.41) is 13.2. The standard InChI is InChI=1S/C18H27N3OS/c1-6-18(2,3)12-7-8-13-14(10-19)17(23-15(13)9-12)20-16(22)11-21(4)5/h12H,6-9,11H2,1-5H3,(H,20,22). The Morgan fingerprint density at radius 3 is 2.74 bits per heavy atom. The van der Waals surface area contributed by atoms with Crippen LogP contribution in [-0.4, -0.2) is 31.4 Å². The molecule has 5 heteroatoms. The summed E-state index contributed by atoms with van der Waals surface area (Å²) >= 11 is 1.60. The highest BCUT2D eigenvalue weighted by Gasteiger charge is 2.34. The number of anilines is 1. The van der Waals surface area contributed by atoms with Crippen molar-refractivity contribution in [3.8, 4) is 6.07 Å². The van der Waals surface area contributed by atoms with E-state index in [1.165, 1.54) is 10.4 Å². The average molecular weight is 334 g/mol. The summed E-state index contributed by atoms with van der Waals surface area (Å²) < 4.78 is 0. The van der Waals surface area contributed by atoms with Gasteiger partial charge in [-0.2, -0.15) is 5.26 Å². The molecule has 0 fully saturated rings. The van der Waals surface area contributed by atoms with Crippen LogP contribution in [0.2, 0.25) is 0 Å². The van der Waals surface area contributed by atoms with Crippen LogP contribution in [0.3, 0.4) is 0 Å². The number of amides is 1. The Labute approximate surface area is 143 Å². The van der Waals surface area contributed by atoms with Crippen LogP contribution in [0.5, 0.6) is 0 Å². The fourth-order valence-electron chi connectivity index (χ4n) is 3.20. The molecule has 0 saturated carbocycles. The topological polar surface area (TPSA) is 56.1 Å². The van der Waals surface area contributed by atoms with Crippen molar-refractivity contribution in [3.63, 3.8) is 0 Å². The number of nitriles is 1. The molecule has 1 amide bonds. The van der Waals surface area contributed by atoms with Gasteiger partial charge in [-0.15, -0.1) is 11.3 Å². The third kappa shape index (κ3) is 3.94. The highest BCUT2D eigenvalue weighted by Crippen LogP contribution is 2.45. The fraction of sp³-hybridized carbons (Fsp3) is 0.667. The summed E-state index contributed by atoms with van der Waals surface area (Å²) in [6.07, 6.45) is 4.27. The number of carbonyl (C=O) groups excluding carboxylic acids is 1. The SMILES string of the molecule is CCC(C)(C)C1CCc2c(sc(NC(=O)CN(C)C)c2C#N)C1. The lowest BCUT2D eigenvalue weighted by Crippen LogP contribution is -2.28. The normalized spacial score (nSPS) is 17.7. The summed E-state index contributed by atoms with van der Waals surface area (Å²) in [6, 6.07) is 2.31. The number of likely N-dealkylation sites (N-methyl/N-ethyl adjacent to an activating group) is 1. The zero-order valence-corrected chi connectivity index (χ0v) is 15.6. The van der Waals surface area contributed by atoms with Crippen molar-refractivity contribution in [2.45, 2.75) is 46.5 Å². The minimum Gasteiger partial charge on any atom is -0.315 e. The molecule has 126 valence electrons. The number of nitrogens with one attached hydrogen (secondary N) is 1. The predicted molar refractivity (Wildman–Crippen MR) is 95.8 cm³/mol. The van der Waals surface area contributed by atoms with Gasteiger partial charge in [0.05, 0.1) is 12.1 Å². The molecule has 0 spiro atoms. The molecular weight excluding hydrogens is 306 g/mol. The molecule has 0 aliphatic heterocycles. The van der Waals surface area contributed by atoms with Gasteiger partial charge in [-0.25, -0.2) is 0 Å². The van der Waals surface area contributed by atoms with Crippen LogP contribution >= 0.6 is 11.3 Å². The second-order valence-corrected chi connectivity index (χ2v) is 8.49. The molecule has 0 radical (unpaired) electrons. The van der Waals surface area contributed by atoms with Crippen molar-refractivity contribution in [2.24, 2.45) is 11.3 Å². The van der Waals surface area contributed by atoms with E-state index in [1.807, 2.05) is 19.0 Å². The molecule has 1 unspecified atom stereocenters. The molecule has 0 aromatic carbocycles. The van der Waals surface area contributed by atoms with Gasteiger partial charge in [-0.3, -0.25) is 4.79 Å². The van der Waals surface area contributed by atoms with E-state index in [9.17, 15) is 10.1 Å². The first-order valence-corrected chi connectivity index (χ1v) is 9.09. The van der Waals surface area contributed by atoms with Gasteiger partial charge in [0.15, 0.2) is 0 Å². The van der Waals surface area contributed by atoms with Crippen molar-refractivity contribution in [3.05, 3.63) is 16.0 Å². The maximum Gasteiger partial charge on any atom is 0.239 e. The second kappa shape index (κ2) is 7.02. The van der Waals surface area contributed by atoms with Crippen LogP contribution in [0.15, 0.2) is 0 Å². The smallest absolute Gasteiger partial charge is 0.239 e. The van der Waals surface area contributed by atoms with E-state index >= 15 is 0 Å². The first kappa shape index (κ1) is 18.0. The van der Waals surface area contributed by atoms with E-state index in [4.69, 9.17) is 0 Å². The summed E-state index contributed by atoms with van der Waals surface area (Å²) in [6.45, 7) is 7.25. The number of hydrogen-bond acceptors (Lipinski definition) is 4. The Hall–Kier alpha value is -1.38. The summed E-state index contributed by atoms with van der Waals surface area (Å²) in [7, 11) is 3.73. The molecule has 2 rings (SSSR count). The lowest BCUT2D eigenvalue weighted by atomic mass is 9.69. The molecular formula is C18H27N3OS. The Bertz CT molecular complexity index is 625. The molecule has 4 nitrogen and oxygen atoms in total. The number of nitrogens with zero attached hydrogens (tertiary/aromatic N) is 2. The Kier molecular flexibility index (Phi) is 5.49. The van der Waals surface area contributed by atoms with Gasteiger partial charge < -0.3 is 10.2 Å². The molecule has 1 aromatic heterocycles. The van der Waals surface area contributed by atoms with Gasteiger partial charge in [0.1, 0.15) is 11.1 Å². The van der Waals surface area contributed by atoms with E-state index in [0.29, 0.717) is 23.4 Å². The number of carbonyl (C=O) groups is 1. The minimum atomic E-state index is -0.0597. The highest BCUT2D eigenvalue weighted by molar-refractivity contribution is 7.16. The van der Waals surface area contributed by atoms with E-state index in [-0.39, 0.29) is 5.91 Å². The first-order valence-electron chi connectivity index (χ1n) is 8.27. The van der Waals surface area contributed by atoms with E-state index in [1.54, 1.807) is 11.3 Å².